The number of carboxylic acids is 2. The maximum absolute atomic E-state index is 12.8. The molecule has 0 aromatic carbocycles. The molecule has 0 aliphatic heterocycles. The number of nitrogens with two attached hydrogens (primary N) is 5. The van der Waals surface area contributed by atoms with Gasteiger partial charge in [0.2, 0.25) is 29.5 Å². The van der Waals surface area contributed by atoms with Crippen molar-refractivity contribution >= 4 is 47.4 Å². The summed E-state index contributed by atoms with van der Waals surface area (Å²) in [6.45, 7) is 0.0853. The molecule has 0 saturated carbocycles. The lowest BCUT2D eigenvalue weighted by Gasteiger charge is -2.24. The number of carboxylic acid groups (broad SMARTS) is 2. The number of rotatable bonds is 19. The Morgan fingerprint density at radius 1 is 0.684 bits per heavy atom. The van der Waals surface area contributed by atoms with E-state index >= 15 is 0 Å². The summed E-state index contributed by atoms with van der Waals surface area (Å²) < 4.78 is 0. The van der Waals surface area contributed by atoms with Gasteiger partial charge in [-0.2, -0.15) is 0 Å². The van der Waals surface area contributed by atoms with E-state index in [-0.39, 0.29) is 44.6 Å². The van der Waals surface area contributed by atoms with Crippen molar-refractivity contribution in [3.63, 3.8) is 0 Å². The average molecular weight is 546 g/mol. The van der Waals surface area contributed by atoms with Crippen molar-refractivity contribution in [3.8, 4) is 0 Å². The van der Waals surface area contributed by atoms with E-state index in [1.807, 2.05) is 0 Å². The zero-order valence-electron chi connectivity index (χ0n) is 20.6. The first-order valence-corrected chi connectivity index (χ1v) is 11.4. The van der Waals surface area contributed by atoms with Gasteiger partial charge in [0, 0.05) is 19.4 Å². The van der Waals surface area contributed by atoms with Gasteiger partial charge >= 0.3 is 11.9 Å². The summed E-state index contributed by atoms with van der Waals surface area (Å²) in [5.41, 5.74) is 26.1. The van der Waals surface area contributed by atoms with E-state index in [4.69, 9.17) is 33.8 Å². The molecule has 4 unspecified atom stereocenters. The summed E-state index contributed by atoms with van der Waals surface area (Å²) in [6.07, 6.45) is -1.99. The number of primary amides is 2. The van der Waals surface area contributed by atoms with Gasteiger partial charge in [-0.15, -0.1) is 0 Å². The lowest BCUT2D eigenvalue weighted by Crippen LogP contribution is -2.57. The fraction of sp³-hybridized carbons (Fsp3) is 0.600. The minimum Gasteiger partial charge on any atom is -0.481 e. The Hall–Kier alpha value is -4.48. The predicted octanol–water partition coefficient (Wildman–Crippen LogP) is -5.09. The second-order valence-corrected chi connectivity index (χ2v) is 8.18. The topological polar surface area (TPSA) is 338 Å². The van der Waals surface area contributed by atoms with Gasteiger partial charge in [-0.25, -0.2) is 4.79 Å². The van der Waals surface area contributed by atoms with Crippen LogP contribution in [0.1, 0.15) is 44.9 Å². The number of aliphatic imine (C=N–C) groups is 1. The summed E-state index contributed by atoms with van der Waals surface area (Å²) in [7, 11) is 0. The van der Waals surface area contributed by atoms with Crippen molar-refractivity contribution in [2.45, 2.75) is 69.1 Å². The van der Waals surface area contributed by atoms with Crippen LogP contribution in [0.4, 0.5) is 0 Å². The Morgan fingerprint density at radius 2 is 1.18 bits per heavy atom. The molecule has 0 spiro atoms. The van der Waals surface area contributed by atoms with Crippen LogP contribution in [0.3, 0.4) is 0 Å². The number of carbonyl (C=O) groups excluding carboxylic acids is 5. The smallest absolute Gasteiger partial charge is 0.326 e. The van der Waals surface area contributed by atoms with E-state index in [0.29, 0.717) is 0 Å². The molecule has 4 atom stereocenters. The molecule has 0 bridgehead atoms. The largest absolute Gasteiger partial charge is 0.481 e. The quantitative estimate of drug-likeness (QED) is 0.0414. The molecule has 0 rings (SSSR count). The molecule has 0 aromatic heterocycles. The molecule has 5 amide bonds. The Balaban J connectivity index is 5.56. The Bertz CT molecular complexity index is 922. The van der Waals surface area contributed by atoms with Gasteiger partial charge in [-0.3, -0.25) is 33.8 Å². The minimum absolute atomic E-state index is 0.0853. The standard InChI is InChI=1S/C20H35N9O9/c21-9(3-5-13(22)30)16(34)29-12(8-15(32)33)18(36)27-10(4-6-14(23)31)17(35)28-11(19(37)38)2-1-7-26-20(24)25/h9-12H,1-8,21H2,(H2,22,30)(H2,23,31)(H,27,36)(H,28,35)(H,29,34)(H,32,33)(H,37,38)(H4,24,25,26). The average Bonchev–Trinajstić information content (AvgIpc) is 2.80. The summed E-state index contributed by atoms with van der Waals surface area (Å²) in [5, 5.41) is 25.1. The summed E-state index contributed by atoms with van der Waals surface area (Å²) in [5.74, 6) is -7.75. The maximum atomic E-state index is 12.8. The third kappa shape index (κ3) is 14.8. The molecule has 15 N–H and O–H groups in total. The van der Waals surface area contributed by atoms with Crippen LogP contribution in [-0.4, -0.2) is 88.4 Å². The number of nitrogens with zero attached hydrogens (tertiary/aromatic N) is 1. The Kier molecular flexibility index (Phi) is 15.0. The van der Waals surface area contributed by atoms with Gasteiger partial charge in [0.05, 0.1) is 12.5 Å². The summed E-state index contributed by atoms with van der Waals surface area (Å²) in [6, 6.07) is -5.94. The van der Waals surface area contributed by atoms with Gasteiger partial charge in [0.15, 0.2) is 5.96 Å². The number of nitrogens with one attached hydrogen (secondary N) is 3. The van der Waals surface area contributed by atoms with Crippen LogP contribution in [0.15, 0.2) is 4.99 Å². The highest BCUT2D eigenvalue weighted by molar-refractivity contribution is 5.96. The first-order chi connectivity index (χ1) is 17.6. The predicted molar refractivity (Wildman–Crippen MR) is 130 cm³/mol. The van der Waals surface area contributed by atoms with Crippen molar-refractivity contribution in [3.05, 3.63) is 0 Å². The van der Waals surface area contributed by atoms with Gasteiger partial charge in [0.1, 0.15) is 18.1 Å². The van der Waals surface area contributed by atoms with E-state index < -0.39 is 78.5 Å². The van der Waals surface area contributed by atoms with Crippen LogP contribution in [0, 0.1) is 0 Å². The van der Waals surface area contributed by atoms with Crippen LogP contribution in [0.25, 0.3) is 0 Å². The van der Waals surface area contributed by atoms with Gasteiger partial charge in [-0.05, 0) is 25.7 Å². The molecule has 18 heteroatoms. The first kappa shape index (κ1) is 33.5. The number of aliphatic carboxylic acids is 2. The zero-order valence-corrected chi connectivity index (χ0v) is 20.6. The fourth-order valence-electron chi connectivity index (χ4n) is 2.95. The molecule has 0 heterocycles. The highest BCUT2D eigenvalue weighted by atomic mass is 16.4. The minimum atomic E-state index is -1.71. The van der Waals surface area contributed by atoms with Gasteiger partial charge < -0.3 is 54.8 Å². The van der Waals surface area contributed by atoms with Crippen molar-refractivity contribution in [2.24, 2.45) is 33.7 Å². The second-order valence-electron chi connectivity index (χ2n) is 8.18. The van der Waals surface area contributed by atoms with Gasteiger partial charge in [0.25, 0.3) is 0 Å². The van der Waals surface area contributed by atoms with Crippen LogP contribution >= 0.6 is 0 Å². The number of carbonyl (C=O) groups is 7. The molecule has 0 aliphatic carbocycles. The fourth-order valence-corrected chi connectivity index (χ4v) is 2.95. The van der Waals surface area contributed by atoms with Crippen molar-refractivity contribution < 1.29 is 43.8 Å². The van der Waals surface area contributed by atoms with E-state index in [1.54, 1.807) is 0 Å². The van der Waals surface area contributed by atoms with Gasteiger partial charge in [-0.1, -0.05) is 0 Å². The summed E-state index contributed by atoms with van der Waals surface area (Å²) in [4.78, 5) is 86.5. The van der Waals surface area contributed by atoms with E-state index in [9.17, 15) is 38.7 Å². The molecule has 0 fully saturated rings. The van der Waals surface area contributed by atoms with Crippen molar-refractivity contribution in [1.82, 2.24) is 16.0 Å². The monoisotopic (exact) mass is 545 g/mol. The number of guanidine groups is 1. The molecule has 0 radical (unpaired) electrons. The molecular weight excluding hydrogens is 510 g/mol. The number of hydrogen-bond donors (Lipinski definition) is 10. The Morgan fingerprint density at radius 3 is 1.68 bits per heavy atom. The van der Waals surface area contributed by atoms with Crippen LogP contribution in [0.5, 0.6) is 0 Å². The molecule has 38 heavy (non-hydrogen) atoms. The molecule has 214 valence electrons. The lowest BCUT2D eigenvalue weighted by molar-refractivity contribution is -0.143. The third-order valence-electron chi connectivity index (χ3n) is 4.92. The molecule has 0 saturated heterocycles. The SMILES string of the molecule is NC(=O)CCC(N)C(=O)NC(CC(=O)O)C(=O)NC(CCC(N)=O)C(=O)NC(CCCN=C(N)N)C(=O)O. The van der Waals surface area contributed by atoms with Crippen molar-refractivity contribution in [1.29, 1.82) is 0 Å². The number of hydrogen-bond acceptors (Lipinski definition) is 9. The normalized spacial score (nSPS) is 13.6. The maximum Gasteiger partial charge on any atom is 0.326 e. The zero-order chi connectivity index (χ0) is 29.4. The lowest BCUT2D eigenvalue weighted by atomic mass is 10.1. The highest BCUT2D eigenvalue weighted by Crippen LogP contribution is 2.05. The highest BCUT2D eigenvalue weighted by Gasteiger charge is 2.31. The summed E-state index contributed by atoms with van der Waals surface area (Å²) >= 11 is 0. The molecule has 0 aromatic rings. The van der Waals surface area contributed by atoms with E-state index in [1.165, 1.54) is 0 Å². The molecular formula is C20H35N9O9. The molecule has 18 nitrogen and oxygen atoms in total. The third-order valence-corrected chi connectivity index (χ3v) is 4.92. The van der Waals surface area contributed by atoms with Crippen LogP contribution < -0.4 is 44.6 Å². The molecule has 0 aliphatic rings. The van der Waals surface area contributed by atoms with E-state index in [0.717, 1.165) is 0 Å². The van der Waals surface area contributed by atoms with Crippen molar-refractivity contribution in [2.75, 3.05) is 6.54 Å². The second kappa shape index (κ2) is 17.1. The van der Waals surface area contributed by atoms with E-state index in [2.05, 4.69) is 20.9 Å². The Labute approximate surface area is 217 Å². The van der Waals surface area contributed by atoms with Crippen LogP contribution in [-0.2, 0) is 33.6 Å². The first-order valence-electron chi connectivity index (χ1n) is 11.4. The number of amides is 5. The van der Waals surface area contributed by atoms with Crippen LogP contribution in [0.2, 0.25) is 0 Å².